The van der Waals surface area contributed by atoms with Gasteiger partial charge in [0.05, 0.1) is 0 Å². The summed E-state index contributed by atoms with van der Waals surface area (Å²) < 4.78 is 0. The van der Waals surface area contributed by atoms with Crippen LogP contribution in [0, 0.1) is 0 Å². The summed E-state index contributed by atoms with van der Waals surface area (Å²) in [7, 11) is 0. The minimum atomic E-state index is -0.498. The number of rotatable bonds is 1. The van der Waals surface area contributed by atoms with E-state index < -0.39 is 6.10 Å². The van der Waals surface area contributed by atoms with E-state index in [1.807, 2.05) is 61.6 Å². The molecule has 0 spiro atoms. The molecule has 0 amide bonds. The monoisotopic (exact) mass is 198 g/mol. The van der Waals surface area contributed by atoms with Crippen molar-refractivity contribution in [3.05, 3.63) is 65.8 Å². The molecule has 0 aromatic heterocycles. The van der Waals surface area contributed by atoms with Gasteiger partial charge in [0.25, 0.3) is 0 Å². The number of aliphatic hydroxyl groups excluding tert-OH is 1. The molecule has 0 aliphatic heterocycles. The first kappa shape index (κ1) is 9.94. The van der Waals surface area contributed by atoms with E-state index in [1.54, 1.807) is 0 Å². The zero-order chi connectivity index (χ0) is 10.7. The molecule has 1 N–H and O–H groups in total. The molecule has 1 aromatic carbocycles. The average Bonchev–Trinajstić information content (AvgIpc) is 2.30. The van der Waals surface area contributed by atoms with E-state index in [0.29, 0.717) is 0 Å². The Morgan fingerprint density at radius 2 is 1.93 bits per heavy atom. The zero-order valence-corrected chi connectivity index (χ0v) is 8.72. The molecule has 0 radical (unpaired) electrons. The minimum Gasteiger partial charge on any atom is -0.384 e. The number of hydrogen-bond acceptors (Lipinski definition) is 1. The van der Waals surface area contributed by atoms with E-state index in [0.717, 1.165) is 16.7 Å². The molecule has 1 atom stereocenters. The molecule has 0 heterocycles. The lowest BCUT2D eigenvalue weighted by Gasteiger charge is -2.19. The molecule has 0 bridgehead atoms. The second-order valence-corrected chi connectivity index (χ2v) is 3.54. The van der Waals surface area contributed by atoms with Crippen LogP contribution < -0.4 is 0 Å². The summed E-state index contributed by atoms with van der Waals surface area (Å²) in [6, 6.07) is 9.97. The van der Waals surface area contributed by atoms with Gasteiger partial charge in [-0.3, -0.25) is 0 Å². The molecule has 0 saturated heterocycles. The fourth-order valence-corrected chi connectivity index (χ4v) is 1.76. The van der Waals surface area contributed by atoms with Crippen LogP contribution >= 0.6 is 0 Å². The van der Waals surface area contributed by atoms with Gasteiger partial charge in [-0.1, -0.05) is 54.6 Å². The van der Waals surface area contributed by atoms with Crippen LogP contribution in [0.15, 0.2) is 60.2 Å². The Morgan fingerprint density at radius 1 is 1.20 bits per heavy atom. The first-order valence-corrected chi connectivity index (χ1v) is 5.11. The van der Waals surface area contributed by atoms with Crippen molar-refractivity contribution >= 4 is 5.57 Å². The van der Waals surface area contributed by atoms with Crippen LogP contribution in [0.5, 0.6) is 0 Å². The van der Waals surface area contributed by atoms with Crippen molar-refractivity contribution in [2.24, 2.45) is 0 Å². The largest absolute Gasteiger partial charge is 0.384 e. The van der Waals surface area contributed by atoms with Gasteiger partial charge >= 0.3 is 0 Å². The molecule has 1 nitrogen and oxygen atoms in total. The van der Waals surface area contributed by atoms with E-state index in [9.17, 15) is 5.11 Å². The molecular weight excluding hydrogens is 184 g/mol. The van der Waals surface area contributed by atoms with E-state index in [4.69, 9.17) is 0 Å². The molecule has 0 saturated carbocycles. The maximum atomic E-state index is 10.1. The minimum absolute atomic E-state index is 0.498. The zero-order valence-electron chi connectivity index (χ0n) is 8.72. The lowest BCUT2D eigenvalue weighted by atomic mass is 9.91. The maximum absolute atomic E-state index is 10.1. The quantitative estimate of drug-likeness (QED) is 0.735. The Bertz CT molecular complexity index is 424. The van der Waals surface area contributed by atoms with Crippen molar-refractivity contribution in [1.82, 2.24) is 0 Å². The summed E-state index contributed by atoms with van der Waals surface area (Å²) in [6.45, 7) is 1.94. The van der Waals surface area contributed by atoms with Gasteiger partial charge in [0.15, 0.2) is 0 Å². The average molecular weight is 198 g/mol. The number of aliphatic hydroxyl groups is 1. The number of hydrogen-bond donors (Lipinski definition) is 1. The van der Waals surface area contributed by atoms with Crippen LogP contribution in [0.1, 0.15) is 12.5 Å². The van der Waals surface area contributed by atoms with Crippen LogP contribution in [-0.4, -0.2) is 11.2 Å². The topological polar surface area (TPSA) is 20.2 Å². The Kier molecular flexibility index (Phi) is 2.84. The van der Waals surface area contributed by atoms with Gasteiger partial charge < -0.3 is 5.11 Å². The number of benzene rings is 1. The summed E-state index contributed by atoms with van der Waals surface area (Å²) in [5.74, 6) is 0. The summed E-state index contributed by atoms with van der Waals surface area (Å²) in [4.78, 5) is 0. The Hall–Kier alpha value is -1.60. The van der Waals surface area contributed by atoms with Crippen molar-refractivity contribution in [2.75, 3.05) is 0 Å². The molecule has 1 aromatic rings. The van der Waals surface area contributed by atoms with Gasteiger partial charge in [0.1, 0.15) is 6.10 Å². The smallest absolute Gasteiger partial charge is 0.104 e. The van der Waals surface area contributed by atoms with Gasteiger partial charge in [0, 0.05) is 0 Å². The summed E-state index contributed by atoms with van der Waals surface area (Å²) >= 11 is 0. The highest BCUT2D eigenvalue weighted by Gasteiger charge is 2.17. The van der Waals surface area contributed by atoms with Crippen LogP contribution in [0.2, 0.25) is 0 Å². The second-order valence-electron chi connectivity index (χ2n) is 3.54. The van der Waals surface area contributed by atoms with Crippen molar-refractivity contribution < 1.29 is 5.11 Å². The molecular formula is C14H14O. The summed E-state index contributed by atoms with van der Waals surface area (Å²) in [5, 5.41) is 10.1. The Labute approximate surface area is 90.1 Å². The van der Waals surface area contributed by atoms with E-state index >= 15 is 0 Å². The third-order valence-corrected chi connectivity index (χ3v) is 2.62. The highest BCUT2D eigenvalue weighted by molar-refractivity contribution is 5.75. The van der Waals surface area contributed by atoms with Crippen molar-refractivity contribution in [2.45, 2.75) is 13.0 Å². The van der Waals surface area contributed by atoms with Crippen molar-refractivity contribution in [3.8, 4) is 0 Å². The van der Waals surface area contributed by atoms with Crippen LogP contribution in [0.4, 0.5) is 0 Å². The third kappa shape index (κ3) is 1.92. The predicted molar refractivity (Wildman–Crippen MR) is 63.3 cm³/mol. The first-order chi connectivity index (χ1) is 7.33. The molecule has 1 unspecified atom stereocenters. The van der Waals surface area contributed by atoms with Crippen molar-refractivity contribution in [3.63, 3.8) is 0 Å². The standard InChI is InChI=1S/C14H14O/c1-2-11-9-6-10-13(14(11)15)12-7-4-3-5-8-12/h2-10,14-15H,1H3. The maximum Gasteiger partial charge on any atom is 0.104 e. The fraction of sp³-hybridized carbons (Fsp3) is 0.143. The van der Waals surface area contributed by atoms with Gasteiger partial charge in [-0.2, -0.15) is 0 Å². The summed E-state index contributed by atoms with van der Waals surface area (Å²) in [6.07, 6.45) is 7.33. The lowest BCUT2D eigenvalue weighted by Crippen LogP contribution is -2.13. The van der Waals surface area contributed by atoms with Crippen LogP contribution in [0.3, 0.4) is 0 Å². The first-order valence-electron chi connectivity index (χ1n) is 5.11. The highest BCUT2D eigenvalue weighted by atomic mass is 16.3. The third-order valence-electron chi connectivity index (χ3n) is 2.62. The fourth-order valence-electron chi connectivity index (χ4n) is 1.76. The predicted octanol–water partition coefficient (Wildman–Crippen LogP) is 2.95. The molecule has 76 valence electrons. The highest BCUT2D eigenvalue weighted by Crippen LogP contribution is 2.26. The lowest BCUT2D eigenvalue weighted by molar-refractivity contribution is 0.271. The second kappa shape index (κ2) is 4.28. The van der Waals surface area contributed by atoms with Gasteiger partial charge in [-0.25, -0.2) is 0 Å². The van der Waals surface area contributed by atoms with E-state index in [2.05, 4.69) is 0 Å². The van der Waals surface area contributed by atoms with Crippen LogP contribution in [-0.2, 0) is 0 Å². The number of allylic oxidation sites excluding steroid dienone is 3. The molecule has 1 aliphatic carbocycles. The molecule has 1 aliphatic rings. The molecule has 1 heteroatoms. The van der Waals surface area contributed by atoms with Gasteiger partial charge in [-0.05, 0) is 23.6 Å². The summed E-state index contributed by atoms with van der Waals surface area (Å²) in [5.41, 5.74) is 3.00. The molecule has 0 fully saturated rings. The van der Waals surface area contributed by atoms with Crippen LogP contribution in [0.25, 0.3) is 5.57 Å². The van der Waals surface area contributed by atoms with E-state index in [-0.39, 0.29) is 0 Å². The van der Waals surface area contributed by atoms with Crippen molar-refractivity contribution in [1.29, 1.82) is 0 Å². The Balaban J connectivity index is 2.39. The normalized spacial score (nSPS) is 22.9. The van der Waals surface area contributed by atoms with E-state index in [1.165, 1.54) is 0 Å². The van der Waals surface area contributed by atoms with Gasteiger partial charge in [-0.15, -0.1) is 0 Å². The SMILES string of the molecule is CC=C1C=CC=C(c2ccccc2)C1O. The Morgan fingerprint density at radius 3 is 2.60 bits per heavy atom. The molecule has 15 heavy (non-hydrogen) atoms. The van der Waals surface area contributed by atoms with Gasteiger partial charge in [0.2, 0.25) is 0 Å². The molecule has 2 rings (SSSR count).